The van der Waals surface area contributed by atoms with Crippen molar-refractivity contribution in [1.82, 2.24) is 15.2 Å². The molecule has 1 fully saturated rings. The first-order valence-electron chi connectivity index (χ1n) is 7.66. The molecule has 1 unspecified atom stereocenters. The number of nitrogens with one attached hydrogen (secondary N) is 1. The van der Waals surface area contributed by atoms with E-state index < -0.39 is 35.1 Å². The van der Waals surface area contributed by atoms with Crippen LogP contribution in [-0.2, 0) is 6.18 Å². The van der Waals surface area contributed by atoms with E-state index in [9.17, 15) is 22.4 Å². The summed E-state index contributed by atoms with van der Waals surface area (Å²) in [5, 5.41) is 3.12. The number of halogens is 5. The first-order chi connectivity index (χ1) is 11.9. The molecule has 140 valence electrons. The molecule has 1 amide bonds. The molecule has 1 aliphatic heterocycles. The molecule has 1 aliphatic rings. The molecule has 1 N–H and O–H groups in total. The molecule has 4 nitrogen and oxygen atoms in total. The summed E-state index contributed by atoms with van der Waals surface area (Å²) in [6.45, 7) is 1.15. The Morgan fingerprint density at radius 2 is 2.04 bits per heavy atom. The van der Waals surface area contributed by atoms with E-state index in [2.05, 4.69) is 10.3 Å². The van der Waals surface area contributed by atoms with Crippen LogP contribution in [0.25, 0.3) is 0 Å². The highest BCUT2D eigenvalue weighted by Crippen LogP contribution is 2.31. The molecule has 1 aromatic heterocycles. The summed E-state index contributed by atoms with van der Waals surface area (Å²) in [6, 6.07) is 4.92. The maximum atomic E-state index is 14.0. The quantitative estimate of drug-likeness (QED) is 0.800. The fraction of sp³-hybridized carbons (Fsp3) is 0.294. The monoisotopic (exact) mass is 389 g/mol. The van der Waals surface area contributed by atoms with Gasteiger partial charge in [0.2, 0.25) is 0 Å². The van der Waals surface area contributed by atoms with Crippen molar-refractivity contribution in [3.8, 4) is 0 Å². The number of piperazine rings is 1. The van der Waals surface area contributed by atoms with Gasteiger partial charge in [-0.15, -0.1) is 12.4 Å². The van der Waals surface area contributed by atoms with Crippen molar-refractivity contribution in [3.63, 3.8) is 0 Å². The third-order valence-corrected chi connectivity index (χ3v) is 4.10. The van der Waals surface area contributed by atoms with Crippen molar-refractivity contribution in [2.45, 2.75) is 12.2 Å². The molecule has 1 saturated heterocycles. The van der Waals surface area contributed by atoms with Crippen LogP contribution in [0, 0.1) is 5.82 Å². The second-order valence-electron chi connectivity index (χ2n) is 5.70. The second-order valence-corrected chi connectivity index (χ2v) is 5.70. The Labute approximate surface area is 153 Å². The first-order valence-corrected chi connectivity index (χ1v) is 7.66. The van der Waals surface area contributed by atoms with Gasteiger partial charge in [-0.05, 0) is 29.8 Å². The van der Waals surface area contributed by atoms with Crippen LogP contribution in [0.1, 0.15) is 27.5 Å². The van der Waals surface area contributed by atoms with E-state index in [1.54, 1.807) is 24.5 Å². The van der Waals surface area contributed by atoms with Gasteiger partial charge in [-0.25, -0.2) is 4.39 Å². The van der Waals surface area contributed by atoms with Crippen molar-refractivity contribution in [2.24, 2.45) is 0 Å². The van der Waals surface area contributed by atoms with Crippen LogP contribution >= 0.6 is 12.4 Å². The van der Waals surface area contributed by atoms with Gasteiger partial charge in [0.1, 0.15) is 5.82 Å². The number of pyridine rings is 1. The number of hydrogen-bond donors (Lipinski definition) is 1. The molecule has 26 heavy (non-hydrogen) atoms. The Hall–Kier alpha value is -2.19. The van der Waals surface area contributed by atoms with E-state index in [0.717, 1.165) is 5.56 Å². The Morgan fingerprint density at radius 1 is 1.27 bits per heavy atom. The maximum absolute atomic E-state index is 14.0. The molecule has 2 aromatic rings. The van der Waals surface area contributed by atoms with E-state index in [4.69, 9.17) is 0 Å². The second kappa shape index (κ2) is 8.01. The third kappa shape index (κ3) is 4.13. The highest BCUT2D eigenvalue weighted by Gasteiger charge is 2.34. The first kappa shape index (κ1) is 20.1. The highest BCUT2D eigenvalue weighted by molar-refractivity contribution is 5.95. The van der Waals surface area contributed by atoms with Crippen LogP contribution in [0.5, 0.6) is 0 Å². The van der Waals surface area contributed by atoms with Gasteiger partial charge in [-0.3, -0.25) is 9.78 Å². The molecule has 0 saturated carbocycles. The predicted molar refractivity (Wildman–Crippen MR) is 89.5 cm³/mol. The minimum absolute atomic E-state index is 0. The third-order valence-electron chi connectivity index (χ3n) is 4.10. The summed E-state index contributed by atoms with van der Waals surface area (Å²) in [4.78, 5) is 18.1. The molecule has 9 heteroatoms. The van der Waals surface area contributed by atoms with Gasteiger partial charge in [0, 0.05) is 32.0 Å². The van der Waals surface area contributed by atoms with Gasteiger partial charge in [0.05, 0.1) is 17.2 Å². The number of alkyl halides is 3. The number of carbonyl (C=O) groups is 1. The molecule has 0 aliphatic carbocycles. The van der Waals surface area contributed by atoms with Gasteiger partial charge in [-0.1, -0.05) is 6.07 Å². The van der Waals surface area contributed by atoms with E-state index in [1.165, 1.54) is 4.90 Å². The average Bonchev–Trinajstić information content (AvgIpc) is 2.61. The number of amides is 1. The molecule has 0 radical (unpaired) electrons. The van der Waals surface area contributed by atoms with Crippen molar-refractivity contribution < 1.29 is 22.4 Å². The zero-order chi connectivity index (χ0) is 18.0. The Bertz CT molecular complexity index is 770. The summed E-state index contributed by atoms with van der Waals surface area (Å²) in [6.07, 6.45) is -1.48. The van der Waals surface area contributed by atoms with Crippen molar-refractivity contribution in [1.29, 1.82) is 0 Å². The molecule has 1 atom stereocenters. The lowest BCUT2D eigenvalue weighted by Gasteiger charge is -2.36. The lowest BCUT2D eigenvalue weighted by Crippen LogP contribution is -2.49. The van der Waals surface area contributed by atoms with Crippen molar-refractivity contribution >= 4 is 18.3 Å². The molecule has 1 aromatic carbocycles. The number of rotatable bonds is 2. The molecule has 0 spiro atoms. The fourth-order valence-electron chi connectivity index (χ4n) is 2.84. The number of hydrogen-bond acceptors (Lipinski definition) is 3. The number of benzene rings is 1. The van der Waals surface area contributed by atoms with Crippen molar-refractivity contribution in [3.05, 3.63) is 65.2 Å². The summed E-state index contributed by atoms with van der Waals surface area (Å²) in [5.74, 6) is -1.74. The summed E-state index contributed by atoms with van der Waals surface area (Å²) in [5.41, 5.74) is -0.897. The van der Waals surface area contributed by atoms with Crippen LogP contribution < -0.4 is 5.32 Å². The molecular formula is C17H16ClF4N3O. The fourth-order valence-corrected chi connectivity index (χ4v) is 2.84. The van der Waals surface area contributed by atoms with Crippen LogP contribution in [0.2, 0.25) is 0 Å². The summed E-state index contributed by atoms with van der Waals surface area (Å²) in [7, 11) is 0. The zero-order valence-electron chi connectivity index (χ0n) is 13.5. The molecule has 2 heterocycles. The van der Waals surface area contributed by atoms with Gasteiger partial charge in [0.25, 0.3) is 5.91 Å². The minimum Gasteiger partial charge on any atom is -0.329 e. The van der Waals surface area contributed by atoms with E-state index in [0.29, 0.717) is 31.3 Å². The number of carbonyl (C=O) groups excluding carboxylic acids is 1. The van der Waals surface area contributed by atoms with Gasteiger partial charge < -0.3 is 10.2 Å². The molecular weight excluding hydrogens is 374 g/mol. The van der Waals surface area contributed by atoms with Gasteiger partial charge in [0.15, 0.2) is 0 Å². The summed E-state index contributed by atoms with van der Waals surface area (Å²) < 4.78 is 52.7. The van der Waals surface area contributed by atoms with E-state index in [1.807, 2.05) is 0 Å². The van der Waals surface area contributed by atoms with E-state index in [-0.39, 0.29) is 19.0 Å². The maximum Gasteiger partial charge on any atom is 0.416 e. The van der Waals surface area contributed by atoms with Crippen LogP contribution in [0.4, 0.5) is 17.6 Å². The highest BCUT2D eigenvalue weighted by atomic mass is 35.5. The normalized spacial score (nSPS) is 17.5. The van der Waals surface area contributed by atoms with Crippen LogP contribution in [0.3, 0.4) is 0 Å². The Balaban J connectivity index is 0.00000243. The largest absolute Gasteiger partial charge is 0.416 e. The molecule has 0 bridgehead atoms. The zero-order valence-corrected chi connectivity index (χ0v) is 14.3. The Morgan fingerprint density at radius 3 is 2.69 bits per heavy atom. The Kier molecular flexibility index (Phi) is 6.20. The van der Waals surface area contributed by atoms with Crippen LogP contribution in [0.15, 0.2) is 42.7 Å². The van der Waals surface area contributed by atoms with E-state index >= 15 is 0 Å². The number of aromatic nitrogens is 1. The van der Waals surface area contributed by atoms with Crippen LogP contribution in [-0.4, -0.2) is 35.4 Å². The van der Waals surface area contributed by atoms with Crippen molar-refractivity contribution in [2.75, 3.05) is 19.6 Å². The average molecular weight is 390 g/mol. The van der Waals surface area contributed by atoms with Gasteiger partial charge in [-0.2, -0.15) is 13.2 Å². The summed E-state index contributed by atoms with van der Waals surface area (Å²) >= 11 is 0. The van der Waals surface area contributed by atoms with Gasteiger partial charge >= 0.3 is 6.18 Å². The predicted octanol–water partition coefficient (Wildman–Crippen LogP) is 3.45. The molecule has 3 rings (SSSR count). The SMILES string of the molecule is Cl.O=C(c1cc(C(F)(F)F)ccc1F)N1CCNCC1c1cccnc1. The smallest absolute Gasteiger partial charge is 0.329 e. The lowest BCUT2D eigenvalue weighted by molar-refractivity contribution is -0.137. The number of nitrogens with zero attached hydrogens (tertiary/aromatic N) is 2. The minimum atomic E-state index is -4.64. The lowest BCUT2D eigenvalue weighted by atomic mass is 10.0. The topological polar surface area (TPSA) is 45.2 Å². The standard InChI is InChI=1S/C17H15F4N3O.ClH/c18-14-4-3-12(17(19,20)21)8-13(14)16(25)24-7-6-23-10-15(24)11-2-1-5-22-9-11;/h1-5,8-9,15,23H,6-7,10H2;1H.